The first-order valence-electron chi connectivity index (χ1n) is 11.8. The quantitative estimate of drug-likeness (QED) is 0.293. The number of nitrogens with zero attached hydrogens (tertiary/aromatic N) is 6. The van der Waals surface area contributed by atoms with E-state index in [1.807, 2.05) is 97.1 Å². The van der Waals surface area contributed by atoms with Gasteiger partial charge in [-0.05, 0) is 72.8 Å². The summed E-state index contributed by atoms with van der Waals surface area (Å²) in [4.78, 5) is 27.7. The molecule has 0 bridgehead atoms. The molecule has 0 atom stereocenters. The maximum Gasteiger partial charge on any atom is 0.0915 e. The van der Waals surface area contributed by atoms with Crippen LogP contribution in [0.2, 0.25) is 0 Å². The minimum absolute atomic E-state index is 0.746. The SMILES string of the molecule is c1ccc(-c2cc(Nc3cc(-c4ccccn4)nc(-c4ccccn4)c3)cc(-c3ccccn3)n2)nc1. The van der Waals surface area contributed by atoms with Crippen molar-refractivity contribution in [3.63, 3.8) is 0 Å². The molecule has 1 N–H and O–H groups in total. The molecule has 6 rings (SSSR count). The Labute approximate surface area is 214 Å². The van der Waals surface area contributed by atoms with E-state index in [4.69, 9.17) is 9.97 Å². The van der Waals surface area contributed by atoms with E-state index in [-0.39, 0.29) is 0 Å². The van der Waals surface area contributed by atoms with Crippen molar-refractivity contribution in [2.75, 3.05) is 5.32 Å². The van der Waals surface area contributed by atoms with Gasteiger partial charge in [0.2, 0.25) is 0 Å². The average molecular weight is 480 g/mol. The fourth-order valence-corrected chi connectivity index (χ4v) is 3.95. The Morgan fingerprint density at radius 2 is 0.649 bits per heavy atom. The predicted molar refractivity (Wildman–Crippen MR) is 145 cm³/mol. The summed E-state index contributed by atoms with van der Waals surface area (Å²) in [5, 5.41) is 3.55. The largest absolute Gasteiger partial charge is 0.355 e. The summed E-state index contributed by atoms with van der Waals surface area (Å²) < 4.78 is 0. The lowest BCUT2D eigenvalue weighted by Crippen LogP contribution is -1.99. The maximum atomic E-state index is 4.85. The molecule has 7 heteroatoms. The van der Waals surface area contributed by atoms with Crippen LogP contribution in [0.4, 0.5) is 11.4 Å². The molecule has 6 aromatic heterocycles. The third-order valence-corrected chi connectivity index (χ3v) is 5.65. The number of nitrogens with one attached hydrogen (secondary N) is 1. The van der Waals surface area contributed by atoms with Crippen molar-refractivity contribution in [2.45, 2.75) is 0 Å². The molecule has 176 valence electrons. The van der Waals surface area contributed by atoms with E-state index >= 15 is 0 Å². The van der Waals surface area contributed by atoms with Crippen LogP contribution in [0.15, 0.2) is 122 Å². The van der Waals surface area contributed by atoms with Crippen LogP contribution in [0, 0.1) is 0 Å². The van der Waals surface area contributed by atoms with Gasteiger partial charge >= 0.3 is 0 Å². The molecule has 37 heavy (non-hydrogen) atoms. The van der Waals surface area contributed by atoms with E-state index in [9.17, 15) is 0 Å². The number of anilines is 2. The van der Waals surface area contributed by atoms with Crippen molar-refractivity contribution < 1.29 is 0 Å². The molecule has 0 unspecified atom stereocenters. The van der Waals surface area contributed by atoms with Gasteiger partial charge in [-0.2, -0.15) is 0 Å². The Bertz CT molecular complexity index is 1390. The van der Waals surface area contributed by atoms with Crippen molar-refractivity contribution >= 4 is 11.4 Å². The van der Waals surface area contributed by atoms with Gasteiger partial charge in [-0.25, -0.2) is 9.97 Å². The van der Waals surface area contributed by atoms with Crippen molar-refractivity contribution in [1.29, 1.82) is 0 Å². The molecule has 7 nitrogen and oxygen atoms in total. The van der Waals surface area contributed by atoms with E-state index in [2.05, 4.69) is 25.3 Å². The number of hydrogen-bond acceptors (Lipinski definition) is 7. The second-order valence-electron chi connectivity index (χ2n) is 8.24. The highest BCUT2D eigenvalue weighted by Crippen LogP contribution is 2.30. The summed E-state index contributed by atoms with van der Waals surface area (Å²) in [6.07, 6.45) is 7.05. The average Bonchev–Trinajstić information content (AvgIpc) is 2.99. The number of rotatable bonds is 6. The Hall–Kier alpha value is -5.30. The molecule has 6 aromatic rings. The Balaban J connectivity index is 1.46. The number of hydrogen-bond donors (Lipinski definition) is 1. The summed E-state index contributed by atoms with van der Waals surface area (Å²) in [5.41, 5.74) is 7.80. The van der Waals surface area contributed by atoms with Gasteiger partial charge in [0.05, 0.1) is 45.6 Å². The Morgan fingerprint density at radius 3 is 0.892 bits per heavy atom. The molecule has 0 radical (unpaired) electrons. The van der Waals surface area contributed by atoms with Gasteiger partial charge in [-0.15, -0.1) is 0 Å². The van der Waals surface area contributed by atoms with Crippen molar-refractivity contribution in [1.82, 2.24) is 29.9 Å². The Morgan fingerprint density at radius 1 is 0.351 bits per heavy atom. The second-order valence-corrected chi connectivity index (χ2v) is 8.24. The fraction of sp³-hybridized carbons (Fsp3) is 0. The smallest absolute Gasteiger partial charge is 0.0915 e. The highest BCUT2D eigenvalue weighted by molar-refractivity contribution is 5.76. The topological polar surface area (TPSA) is 89.4 Å². The van der Waals surface area contributed by atoms with Gasteiger partial charge in [0, 0.05) is 36.2 Å². The molecule has 6 heterocycles. The van der Waals surface area contributed by atoms with Gasteiger partial charge in [-0.3, -0.25) is 19.9 Å². The van der Waals surface area contributed by atoms with E-state index in [0.29, 0.717) is 0 Å². The highest BCUT2D eigenvalue weighted by atomic mass is 14.9. The van der Waals surface area contributed by atoms with Crippen LogP contribution in [0.25, 0.3) is 45.6 Å². The minimum Gasteiger partial charge on any atom is -0.355 e. The first-order valence-corrected chi connectivity index (χ1v) is 11.8. The maximum absolute atomic E-state index is 4.85. The lowest BCUT2D eigenvalue weighted by Gasteiger charge is -2.13. The molecule has 0 saturated carbocycles. The van der Waals surface area contributed by atoms with Gasteiger partial charge in [0.15, 0.2) is 0 Å². The summed E-state index contributed by atoms with van der Waals surface area (Å²) in [6, 6.07) is 31.1. The molecular formula is C30H21N7. The molecule has 0 aliphatic rings. The minimum atomic E-state index is 0.746. The van der Waals surface area contributed by atoms with Crippen LogP contribution in [-0.4, -0.2) is 29.9 Å². The van der Waals surface area contributed by atoms with Crippen molar-refractivity contribution in [3.8, 4) is 45.6 Å². The first kappa shape index (κ1) is 22.2. The first-order chi connectivity index (χ1) is 18.3. The fourth-order valence-electron chi connectivity index (χ4n) is 3.95. The summed E-state index contributed by atoms with van der Waals surface area (Å²) in [6.45, 7) is 0. The van der Waals surface area contributed by atoms with E-state index in [1.54, 1.807) is 24.8 Å². The molecular weight excluding hydrogens is 458 g/mol. The number of aromatic nitrogens is 6. The zero-order valence-corrected chi connectivity index (χ0v) is 19.7. The second kappa shape index (κ2) is 10.1. The van der Waals surface area contributed by atoms with Crippen LogP contribution < -0.4 is 5.32 Å². The normalized spacial score (nSPS) is 10.7. The zero-order valence-electron chi connectivity index (χ0n) is 19.7. The molecule has 0 aliphatic carbocycles. The van der Waals surface area contributed by atoms with Crippen LogP contribution >= 0.6 is 0 Å². The molecule has 0 aromatic carbocycles. The molecule has 0 amide bonds. The molecule has 0 aliphatic heterocycles. The third-order valence-electron chi connectivity index (χ3n) is 5.65. The van der Waals surface area contributed by atoms with Crippen molar-refractivity contribution in [3.05, 3.63) is 122 Å². The van der Waals surface area contributed by atoms with Crippen LogP contribution in [0.3, 0.4) is 0 Å². The standard InChI is InChI=1S/C30H21N7/c1-5-13-31-23(9-1)27-17-21(18-28(36-27)24-10-2-6-14-32-24)35-22-19-29(25-11-3-7-15-33-25)37-30(20-22)26-12-4-8-16-34-26/h1-20H,(H,35,36,37). The summed E-state index contributed by atoms with van der Waals surface area (Å²) >= 11 is 0. The van der Waals surface area contributed by atoms with Crippen LogP contribution in [-0.2, 0) is 0 Å². The lowest BCUT2D eigenvalue weighted by atomic mass is 10.1. The summed E-state index contributed by atoms with van der Waals surface area (Å²) in [5.74, 6) is 0. The molecule has 0 spiro atoms. The predicted octanol–water partition coefficient (Wildman–Crippen LogP) is 6.47. The Kier molecular flexibility index (Phi) is 6.07. The van der Waals surface area contributed by atoms with Gasteiger partial charge < -0.3 is 5.32 Å². The molecule has 0 saturated heterocycles. The van der Waals surface area contributed by atoms with E-state index < -0.39 is 0 Å². The van der Waals surface area contributed by atoms with Crippen molar-refractivity contribution in [2.24, 2.45) is 0 Å². The zero-order chi connectivity index (χ0) is 24.9. The van der Waals surface area contributed by atoms with Crippen LogP contribution in [0.1, 0.15) is 0 Å². The molecule has 0 fully saturated rings. The van der Waals surface area contributed by atoms with Gasteiger partial charge in [0.25, 0.3) is 0 Å². The third kappa shape index (κ3) is 5.06. The van der Waals surface area contributed by atoms with E-state index in [0.717, 1.165) is 56.9 Å². The highest BCUT2D eigenvalue weighted by Gasteiger charge is 2.12. The summed E-state index contributed by atoms with van der Waals surface area (Å²) in [7, 11) is 0. The van der Waals surface area contributed by atoms with Gasteiger partial charge in [0.1, 0.15) is 0 Å². The van der Waals surface area contributed by atoms with Crippen LogP contribution in [0.5, 0.6) is 0 Å². The van der Waals surface area contributed by atoms with Gasteiger partial charge in [-0.1, -0.05) is 24.3 Å². The lowest BCUT2D eigenvalue weighted by molar-refractivity contribution is 1.21. The number of pyridine rings is 6. The van der Waals surface area contributed by atoms with E-state index in [1.165, 1.54) is 0 Å². The monoisotopic (exact) mass is 479 g/mol.